The van der Waals surface area contributed by atoms with E-state index in [0.29, 0.717) is 0 Å². The second-order valence-corrected chi connectivity index (χ2v) is 2.51. The van der Waals surface area contributed by atoms with Gasteiger partial charge in [0.1, 0.15) is 5.57 Å². The second-order valence-electron chi connectivity index (χ2n) is 2.51. The number of hydrogen-bond acceptors (Lipinski definition) is 5. The number of rotatable bonds is 6. The Kier molecular flexibility index (Phi) is 7.27. The van der Waals surface area contributed by atoms with Crippen molar-refractivity contribution in [3.05, 3.63) is 11.6 Å². The molecule has 0 aromatic carbocycles. The third-order valence-electron chi connectivity index (χ3n) is 1.44. The zero-order chi connectivity index (χ0) is 11.7. The monoisotopic (exact) mass is 216 g/mol. The lowest BCUT2D eigenvalue weighted by atomic mass is 10.2. The van der Waals surface area contributed by atoms with Crippen LogP contribution in [0.5, 0.6) is 0 Å². The molecule has 0 rings (SSSR count). The van der Waals surface area contributed by atoms with Crippen molar-refractivity contribution in [1.29, 1.82) is 0 Å². The van der Waals surface area contributed by atoms with Gasteiger partial charge in [-0.25, -0.2) is 9.59 Å². The van der Waals surface area contributed by atoms with Crippen LogP contribution >= 0.6 is 0 Å². The maximum absolute atomic E-state index is 11.3. The van der Waals surface area contributed by atoms with Crippen molar-refractivity contribution in [1.82, 2.24) is 0 Å². The Balaban J connectivity index is 4.57. The molecule has 0 atom stereocenters. The van der Waals surface area contributed by atoms with Crippen LogP contribution in [0, 0.1) is 0 Å². The molecule has 0 aliphatic carbocycles. The van der Waals surface area contributed by atoms with Crippen molar-refractivity contribution in [3.63, 3.8) is 0 Å². The fraction of sp³-hybridized carbons (Fsp3) is 0.600. The SMILES string of the molecule is CCOC(=O)C(=CCOC)C(=O)OCC. The normalized spacial score (nSPS) is 9.27. The van der Waals surface area contributed by atoms with E-state index in [1.807, 2.05) is 0 Å². The predicted molar refractivity (Wildman–Crippen MR) is 53.2 cm³/mol. The number of carbonyl (C=O) groups excluding carboxylic acids is 2. The molecule has 0 heterocycles. The van der Waals surface area contributed by atoms with E-state index in [4.69, 9.17) is 14.2 Å². The molecule has 0 bridgehead atoms. The molecular formula is C10H16O5. The minimum absolute atomic E-state index is 0.124. The van der Waals surface area contributed by atoms with Gasteiger partial charge in [0.25, 0.3) is 0 Å². The first-order valence-electron chi connectivity index (χ1n) is 4.70. The van der Waals surface area contributed by atoms with E-state index in [0.717, 1.165) is 0 Å². The van der Waals surface area contributed by atoms with Gasteiger partial charge in [0, 0.05) is 7.11 Å². The molecule has 5 nitrogen and oxygen atoms in total. The van der Waals surface area contributed by atoms with Crippen molar-refractivity contribution < 1.29 is 23.8 Å². The minimum Gasteiger partial charge on any atom is -0.462 e. The van der Waals surface area contributed by atoms with Crippen LogP contribution in [-0.4, -0.2) is 38.9 Å². The third-order valence-corrected chi connectivity index (χ3v) is 1.44. The largest absolute Gasteiger partial charge is 0.462 e. The summed E-state index contributed by atoms with van der Waals surface area (Å²) >= 11 is 0. The quantitative estimate of drug-likeness (QED) is 0.283. The smallest absolute Gasteiger partial charge is 0.345 e. The highest BCUT2D eigenvalue weighted by Gasteiger charge is 2.20. The lowest BCUT2D eigenvalue weighted by molar-refractivity contribution is -0.146. The molecule has 5 heteroatoms. The molecule has 0 radical (unpaired) electrons. The van der Waals surface area contributed by atoms with Crippen LogP contribution in [0.2, 0.25) is 0 Å². The van der Waals surface area contributed by atoms with Crippen LogP contribution in [0.15, 0.2) is 11.6 Å². The molecule has 0 aliphatic heterocycles. The molecule has 0 spiro atoms. The Morgan fingerprint density at radius 1 is 1.07 bits per heavy atom. The Morgan fingerprint density at radius 2 is 1.53 bits per heavy atom. The van der Waals surface area contributed by atoms with E-state index in [-0.39, 0.29) is 25.4 Å². The van der Waals surface area contributed by atoms with Crippen molar-refractivity contribution in [2.45, 2.75) is 13.8 Å². The van der Waals surface area contributed by atoms with Crippen molar-refractivity contribution >= 4 is 11.9 Å². The topological polar surface area (TPSA) is 61.8 Å². The van der Waals surface area contributed by atoms with Crippen LogP contribution in [0.4, 0.5) is 0 Å². The van der Waals surface area contributed by atoms with Crippen molar-refractivity contribution in [2.75, 3.05) is 26.9 Å². The molecule has 86 valence electrons. The average Bonchev–Trinajstić information content (AvgIpc) is 2.19. The molecule has 0 aromatic heterocycles. The Hall–Kier alpha value is -1.36. The molecule has 0 amide bonds. The number of hydrogen-bond donors (Lipinski definition) is 0. The van der Waals surface area contributed by atoms with Gasteiger partial charge >= 0.3 is 11.9 Å². The number of methoxy groups -OCH3 is 1. The summed E-state index contributed by atoms with van der Waals surface area (Å²) in [6.07, 6.45) is 1.34. The van der Waals surface area contributed by atoms with E-state index in [2.05, 4.69) is 0 Å². The Morgan fingerprint density at radius 3 is 1.87 bits per heavy atom. The van der Waals surface area contributed by atoms with Gasteiger partial charge in [-0.15, -0.1) is 0 Å². The highest BCUT2D eigenvalue weighted by molar-refractivity contribution is 6.14. The van der Waals surface area contributed by atoms with Crippen LogP contribution in [0.25, 0.3) is 0 Å². The van der Waals surface area contributed by atoms with Crippen LogP contribution in [0.3, 0.4) is 0 Å². The summed E-state index contributed by atoms with van der Waals surface area (Å²) in [5.41, 5.74) is -0.124. The number of esters is 2. The first kappa shape index (κ1) is 13.6. The Labute approximate surface area is 89.0 Å². The van der Waals surface area contributed by atoms with E-state index in [9.17, 15) is 9.59 Å². The lowest BCUT2D eigenvalue weighted by Gasteiger charge is -2.05. The maximum atomic E-state index is 11.3. The molecule has 0 N–H and O–H groups in total. The van der Waals surface area contributed by atoms with E-state index in [1.165, 1.54) is 13.2 Å². The van der Waals surface area contributed by atoms with Gasteiger partial charge in [0.2, 0.25) is 0 Å². The molecule has 0 aliphatic rings. The summed E-state index contributed by atoms with van der Waals surface area (Å²) in [7, 11) is 1.46. The van der Waals surface area contributed by atoms with Crippen LogP contribution in [0.1, 0.15) is 13.8 Å². The second kappa shape index (κ2) is 7.99. The van der Waals surface area contributed by atoms with E-state index >= 15 is 0 Å². The molecule has 0 saturated carbocycles. The molecule has 0 unspecified atom stereocenters. The summed E-state index contributed by atoms with van der Waals surface area (Å²) in [4.78, 5) is 22.6. The van der Waals surface area contributed by atoms with E-state index < -0.39 is 11.9 Å². The van der Waals surface area contributed by atoms with Gasteiger partial charge in [-0.3, -0.25) is 0 Å². The molecule has 0 aromatic rings. The fourth-order valence-electron chi connectivity index (χ4n) is 0.834. The van der Waals surface area contributed by atoms with Gasteiger partial charge < -0.3 is 14.2 Å². The summed E-state index contributed by atoms with van der Waals surface area (Å²) in [6.45, 7) is 3.91. The first-order chi connectivity index (χ1) is 7.17. The summed E-state index contributed by atoms with van der Waals surface area (Å²) < 4.78 is 14.1. The molecule has 0 fully saturated rings. The maximum Gasteiger partial charge on any atom is 0.345 e. The highest BCUT2D eigenvalue weighted by Crippen LogP contribution is 2.02. The van der Waals surface area contributed by atoms with E-state index in [1.54, 1.807) is 13.8 Å². The number of ether oxygens (including phenoxy) is 3. The third kappa shape index (κ3) is 5.17. The zero-order valence-corrected chi connectivity index (χ0v) is 9.24. The van der Waals surface area contributed by atoms with Gasteiger partial charge in [-0.05, 0) is 19.9 Å². The number of carbonyl (C=O) groups is 2. The minimum atomic E-state index is -0.687. The summed E-state index contributed by atoms with van der Waals surface area (Å²) in [6, 6.07) is 0. The zero-order valence-electron chi connectivity index (χ0n) is 9.24. The van der Waals surface area contributed by atoms with Gasteiger partial charge in [0.15, 0.2) is 0 Å². The summed E-state index contributed by atoms with van der Waals surface area (Å²) in [5.74, 6) is -1.37. The molecule has 15 heavy (non-hydrogen) atoms. The first-order valence-corrected chi connectivity index (χ1v) is 4.70. The molecular weight excluding hydrogens is 200 g/mol. The lowest BCUT2D eigenvalue weighted by Crippen LogP contribution is -2.19. The van der Waals surface area contributed by atoms with Gasteiger partial charge in [-0.1, -0.05) is 0 Å². The van der Waals surface area contributed by atoms with Crippen LogP contribution in [-0.2, 0) is 23.8 Å². The van der Waals surface area contributed by atoms with Crippen molar-refractivity contribution in [2.24, 2.45) is 0 Å². The van der Waals surface area contributed by atoms with Crippen molar-refractivity contribution in [3.8, 4) is 0 Å². The van der Waals surface area contributed by atoms with Gasteiger partial charge in [-0.2, -0.15) is 0 Å². The average molecular weight is 216 g/mol. The predicted octanol–water partition coefficient (Wildman–Crippen LogP) is 0.685. The molecule has 0 saturated heterocycles. The highest BCUT2D eigenvalue weighted by atomic mass is 16.6. The summed E-state index contributed by atoms with van der Waals surface area (Å²) in [5, 5.41) is 0. The standard InChI is InChI=1S/C10H16O5/c1-4-14-9(11)8(6-7-13-3)10(12)15-5-2/h6H,4-5,7H2,1-3H3. The fourth-order valence-corrected chi connectivity index (χ4v) is 0.834. The van der Waals surface area contributed by atoms with Crippen LogP contribution < -0.4 is 0 Å². The van der Waals surface area contributed by atoms with Gasteiger partial charge in [0.05, 0.1) is 19.8 Å². The Bertz CT molecular complexity index is 224.